The fourth-order valence-electron chi connectivity index (χ4n) is 2.66. The van der Waals surface area contributed by atoms with Crippen LogP contribution in [-0.4, -0.2) is 36.5 Å². The summed E-state index contributed by atoms with van der Waals surface area (Å²) in [6.07, 6.45) is 7.16. The molecule has 0 unspecified atom stereocenters. The summed E-state index contributed by atoms with van der Waals surface area (Å²) in [4.78, 5) is 17.5. The van der Waals surface area contributed by atoms with E-state index in [1.54, 1.807) is 16.5 Å². The standard InChI is InChI=1S/C17H17N7OS2/c1-9-4-5-12-11(6-19-22-12)14(9)20-16(25)13-7-18-17(27-13)21-15-10(2)8-24(23-15)26-3/h4-8H,1-3H3,(H,19,22)(H,20,25)(H,18,21,23). The first-order valence-electron chi connectivity index (χ1n) is 8.13. The molecule has 0 saturated heterocycles. The van der Waals surface area contributed by atoms with Gasteiger partial charge in [0.15, 0.2) is 10.9 Å². The van der Waals surface area contributed by atoms with Crippen LogP contribution in [0.1, 0.15) is 20.8 Å². The van der Waals surface area contributed by atoms with Crippen molar-refractivity contribution in [3.05, 3.63) is 46.7 Å². The van der Waals surface area contributed by atoms with Crippen LogP contribution in [0.15, 0.2) is 30.7 Å². The summed E-state index contributed by atoms with van der Waals surface area (Å²) < 4.78 is 1.77. The number of carbonyl (C=O) groups is 1. The first-order chi connectivity index (χ1) is 13.0. The van der Waals surface area contributed by atoms with Crippen LogP contribution in [0.2, 0.25) is 0 Å². The van der Waals surface area contributed by atoms with Crippen LogP contribution in [-0.2, 0) is 0 Å². The minimum Gasteiger partial charge on any atom is -0.320 e. The number of amides is 1. The van der Waals surface area contributed by atoms with Crippen molar-refractivity contribution in [3.63, 3.8) is 0 Å². The molecule has 0 aliphatic heterocycles. The molecule has 3 aromatic heterocycles. The lowest BCUT2D eigenvalue weighted by Gasteiger charge is -2.08. The Morgan fingerprint density at radius 1 is 1.26 bits per heavy atom. The Morgan fingerprint density at radius 2 is 2.11 bits per heavy atom. The molecule has 1 amide bonds. The van der Waals surface area contributed by atoms with Gasteiger partial charge >= 0.3 is 0 Å². The van der Waals surface area contributed by atoms with Gasteiger partial charge in [-0.1, -0.05) is 17.4 Å². The minimum absolute atomic E-state index is 0.205. The zero-order chi connectivity index (χ0) is 19.0. The average Bonchev–Trinajstić information content (AvgIpc) is 3.38. The molecule has 4 rings (SSSR count). The SMILES string of the molecule is CSn1cc(C)c(Nc2ncc(C(=O)Nc3c(C)ccc4[nH]ncc34)s2)n1. The largest absolute Gasteiger partial charge is 0.320 e. The van der Waals surface area contributed by atoms with Gasteiger partial charge in [0.1, 0.15) is 4.88 Å². The number of carbonyl (C=O) groups excluding carboxylic acids is 1. The quantitative estimate of drug-likeness (QED) is 0.470. The molecule has 4 aromatic rings. The van der Waals surface area contributed by atoms with Gasteiger partial charge in [-0.3, -0.25) is 9.89 Å². The number of hydrogen-bond donors (Lipinski definition) is 3. The number of aromatic nitrogens is 5. The maximum Gasteiger partial charge on any atom is 0.267 e. The lowest BCUT2D eigenvalue weighted by atomic mass is 10.1. The fourth-order valence-corrected chi connectivity index (χ4v) is 3.79. The van der Waals surface area contributed by atoms with E-state index in [4.69, 9.17) is 0 Å². The van der Waals surface area contributed by atoms with Crippen molar-refractivity contribution >= 4 is 56.7 Å². The molecule has 0 fully saturated rings. The number of rotatable bonds is 5. The van der Waals surface area contributed by atoms with Crippen molar-refractivity contribution in [3.8, 4) is 0 Å². The second kappa shape index (κ2) is 7.05. The van der Waals surface area contributed by atoms with Gasteiger partial charge in [-0.05, 0) is 37.4 Å². The lowest BCUT2D eigenvalue weighted by molar-refractivity contribution is 0.103. The highest BCUT2D eigenvalue weighted by Gasteiger charge is 2.15. The highest BCUT2D eigenvalue weighted by molar-refractivity contribution is 7.97. The summed E-state index contributed by atoms with van der Waals surface area (Å²) in [5.74, 6) is 0.522. The van der Waals surface area contributed by atoms with Crippen LogP contribution in [0, 0.1) is 13.8 Å². The van der Waals surface area contributed by atoms with Crippen LogP contribution in [0.25, 0.3) is 10.9 Å². The Hall–Kier alpha value is -2.85. The van der Waals surface area contributed by atoms with Crippen molar-refractivity contribution in [1.29, 1.82) is 0 Å². The Bertz CT molecular complexity index is 1130. The molecule has 3 heterocycles. The zero-order valence-corrected chi connectivity index (χ0v) is 16.5. The van der Waals surface area contributed by atoms with Crippen LogP contribution in [0.4, 0.5) is 16.6 Å². The first kappa shape index (κ1) is 17.6. The van der Waals surface area contributed by atoms with Gasteiger partial charge in [-0.15, -0.1) is 5.10 Å². The number of anilines is 3. The van der Waals surface area contributed by atoms with E-state index in [2.05, 4.69) is 30.9 Å². The Labute approximate surface area is 163 Å². The molecule has 27 heavy (non-hydrogen) atoms. The number of aromatic amines is 1. The van der Waals surface area contributed by atoms with Crippen molar-refractivity contribution in [2.45, 2.75) is 13.8 Å². The van der Waals surface area contributed by atoms with E-state index >= 15 is 0 Å². The number of hydrogen-bond acceptors (Lipinski definition) is 7. The molecule has 8 nitrogen and oxygen atoms in total. The van der Waals surface area contributed by atoms with E-state index < -0.39 is 0 Å². The van der Waals surface area contributed by atoms with E-state index in [0.29, 0.717) is 10.0 Å². The average molecular weight is 400 g/mol. The van der Waals surface area contributed by atoms with Gasteiger partial charge in [-0.2, -0.15) is 5.10 Å². The van der Waals surface area contributed by atoms with Gasteiger partial charge in [0.2, 0.25) is 0 Å². The Balaban J connectivity index is 1.54. The van der Waals surface area contributed by atoms with Crippen LogP contribution >= 0.6 is 23.3 Å². The molecule has 1 aromatic carbocycles. The summed E-state index contributed by atoms with van der Waals surface area (Å²) >= 11 is 2.79. The maximum absolute atomic E-state index is 12.7. The molecule has 10 heteroatoms. The lowest BCUT2D eigenvalue weighted by Crippen LogP contribution is -2.11. The fraction of sp³-hybridized carbons (Fsp3) is 0.176. The zero-order valence-electron chi connectivity index (χ0n) is 14.9. The molecule has 138 valence electrons. The summed E-state index contributed by atoms with van der Waals surface area (Å²) in [5, 5.41) is 19.0. The third-order valence-electron chi connectivity index (χ3n) is 4.09. The smallest absolute Gasteiger partial charge is 0.267 e. The summed E-state index contributed by atoms with van der Waals surface area (Å²) in [5.41, 5.74) is 3.61. The number of benzene rings is 1. The monoisotopic (exact) mass is 399 g/mol. The van der Waals surface area contributed by atoms with Gasteiger partial charge in [-0.25, -0.2) is 9.07 Å². The van der Waals surface area contributed by atoms with Crippen LogP contribution in [0.3, 0.4) is 0 Å². The predicted molar refractivity (Wildman–Crippen MR) is 110 cm³/mol. The molecule has 0 spiro atoms. The number of aryl methyl sites for hydroxylation is 2. The third-order valence-corrected chi connectivity index (χ3v) is 5.56. The molecule has 0 radical (unpaired) electrons. The third kappa shape index (κ3) is 3.40. The molecule has 0 bridgehead atoms. The highest BCUT2D eigenvalue weighted by atomic mass is 32.2. The maximum atomic E-state index is 12.7. The second-order valence-corrected chi connectivity index (χ2v) is 7.71. The number of H-pyrrole nitrogens is 1. The molecule has 0 aliphatic carbocycles. The number of thiazole rings is 1. The Morgan fingerprint density at radius 3 is 2.89 bits per heavy atom. The molecular weight excluding hydrogens is 382 g/mol. The van der Waals surface area contributed by atoms with Gasteiger partial charge in [0, 0.05) is 23.4 Å². The summed E-state index contributed by atoms with van der Waals surface area (Å²) in [7, 11) is 0. The van der Waals surface area contributed by atoms with Gasteiger partial charge in [0.05, 0.1) is 23.6 Å². The summed E-state index contributed by atoms with van der Waals surface area (Å²) in [6, 6.07) is 3.89. The van der Waals surface area contributed by atoms with Crippen molar-refractivity contribution in [2.75, 3.05) is 16.9 Å². The summed E-state index contributed by atoms with van der Waals surface area (Å²) in [6.45, 7) is 3.92. The highest BCUT2D eigenvalue weighted by Crippen LogP contribution is 2.28. The van der Waals surface area contributed by atoms with Gasteiger partial charge < -0.3 is 10.6 Å². The minimum atomic E-state index is -0.205. The number of nitrogens with one attached hydrogen (secondary N) is 3. The van der Waals surface area contributed by atoms with Crippen molar-refractivity contribution in [2.24, 2.45) is 0 Å². The number of fused-ring (bicyclic) bond motifs is 1. The molecule has 0 saturated carbocycles. The van der Waals surface area contributed by atoms with E-state index in [-0.39, 0.29) is 5.91 Å². The van der Waals surface area contributed by atoms with Crippen LogP contribution < -0.4 is 10.6 Å². The normalized spacial score (nSPS) is 11.1. The van der Waals surface area contributed by atoms with E-state index in [1.807, 2.05) is 38.4 Å². The molecule has 0 atom stereocenters. The predicted octanol–water partition coefficient (Wildman–Crippen LogP) is 3.95. The van der Waals surface area contributed by atoms with E-state index in [1.165, 1.54) is 23.3 Å². The van der Waals surface area contributed by atoms with Crippen molar-refractivity contribution < 1.29 is 4.79 Å². The van der Waals surface area contributed by atoms with Gasteiger partial charge in [0.25, 0.3) is 5.91 Å². The Kier molecular flexibility index (Phi) is 4.58. The van der Waals surface area contributed by atoms with E-state index in [9.17, 15) is 4.79 Å². The number of nitrogens with zero attached hydrogens (tertiary/aromatic N) is 4. The second-order valence-electron chi connectivity index (χ2n) is 5.94. The molecule has 0 aliphatic rings. The van der Waals surface area contributed by atoms with E-state index in [0.717, 1.165) is 33.5 Å². The molecular formula is C17H17N7OS2. The molecule has 3 N–H and O–H groups in total. The van der Waals surface area contributed by atoms with Crippen LogP contribution in [0.5, 0.6) is 0 Å². The first-order valence-corrected chi connectivity index (χ1v) is 10.1. The topological polar surface area (TPSA) is 101 Å². The van der Waals surface area contributed by atoms with Crippen molar-refractivity contribution in [1.82, 2.24) is 24.4 Å².